The summed E-state index contributed by atoms with van der Waals surface area (Å²) in [7, 11) is 0. The highest BCUT2D eigenvalue weighted by Gasteiger charge is 2.31. The number of aromatic nitrogens is 1. The molecule has 0 spiro atoms. The Labute approximate surface area is 118 Å². The van der Waals surface area contributed by atoms with Crippen LogP contribution in [0.15, 0.2) is 18.3 Å². The molecule has 20 heavy (non-hydrogen) atoms. The number of morpholine rings is 1. The van der Waals surface area contributed by atoms with E-state index in [1.807, 2.05) is 6.92 Å². The second kappa shape index (κ2) is 5.97. The summed E-state index contributed by atoms with van der Waals surface area (Å²) in [6, 6.07) is 2.70. The van der Waals surface area contributed by atoms with E-state index in [0.717, 1.165) is 19.3 Å². The molecule has 1 atom stereocenters. The van der Waals surface area contributed by atoms with Crippen LogP contribution in [0.2, 0.25) is 0 Å². The van der Waals surface area contributed by atoms with E-state index in [-0.39, 0.29) is 17.5 Å². The van der Waals surface area contributed by atoms with Gasteiger partial charge in [0.1, 0.15) is 11.5 Å². The van der Waals surface area contributed by atoms with Crippen molar-refractivity contribution in [1.29, 1.82) is 0 Å². The minimum absolute atomic E-state index is 0.0537. The quantitative estimate of drug-likeness (QED) is 0.794. The third-order valence-corrected chi connectivity index (χ3v) is 3.31. The SMILES string of the molecule is CC1CN(CCC(=O)c2ccc(F)cn2)CC(C)(C)O1. The second-order valence-corrected chi connectivity index (χ2v) is 5.96. The zero-order chi connectivity index (χ0) is 14.8. The fraction of sp³-hybridized carbons (Fsp3) is 0.600. The molecule has 1 fully saturated rings. The first-order valence-corrected chi connectivity index (χ1v) is 6.91. The first kappa shape index (κ1) is 15.1. The van der Waals surface area contributed by atoms with Crippen molar-refractivity contribution in [1.82, 2.24) is 9.88 Å². The summed E-state index contributed by atoms with van der Waals surface area (Å²) >= 11 is 0. The normalized spacial score (nSPS) is 22.7. The lowest BCUT2D eigenvalue weighted by Crippen LogP contribution is -2.52. The molecule has 0 aromatic carbocycles. The van der Waals surface area contributed by atoms with E-state index >= 15 is 0 Å². The minimum atomic E-state index is -0.426. The summed E-state index contributed by atoms with van der Waals surface area (Å²) in [5.74, 6) is -0.479. The molecule has 0 saturated carbocycles. The van der Waals surface area contributed by atoms with E-state index in [1.54, 1.807) is 0 Å². The number of ether oxygens (including phenoxy) is 1. The van der Waals surface area contributed by atoms with Gasteiger partial charge in [0.25, 0.3) is 0 Å². The second-order valence-electron chi connectivity index (χ2n) is 5.96. The lowest BCUT2D eigenvalue weighted by atomic mass is 10.0. The summed E-state index contributed by atoms with van der Waals surface area (Å²) in [4.78, 5) is 18.0. The highest BCUT2D eigenvalue weighted by molar-refractivity contribution is 5.94. The highest BCUT2D eigenvalue weighted by atomic mass is 19.1. The number of nitrogens with zero attached hydrogens (tertiary/aromatic N) is 2. The number of hydrogen-bond acceptors (Lipinski definition) is 4. The maximum atomic E-state index is 12.8. The Bertz CT molecular complexity index is 473. The van der Waals surface area contributed by atoms with Gasteiger partial charge in [0.15, 0.2) is 5.78 Å². The maximum Gasteiger partial charge on any atom is 0.182 e. The van der Waals surface area contributed by atoms with Crippen molar-refractivity contribution in [3.05, 3.63) is 29.8 Å². The summed E-state index contributed by atoms with van der Waals surface area (Å²) in [5, 5.41) is 0. The molecule has 0 radical (unpaired) electrons. The maximum absolute atomic E-state index is 12.8. The molecule has 1 aliphatic rings. The van der Waals surface area contributed by atoms with Crippen LogP contribution in [0.4, 0.5) is 4.39 Å². The van der Waals surface area contributed by atoms with Crippen molar-refractivity contribution < 1.29 is 13.9 Å². The summed E-state index contributed by atoms with van der Waals surface area (Å²) in [6.07, 6.45) is 1.63. The van der Waals surface area contributed by atoms with E-state index < -0.39 is 5.82 Å². The van der Waals surface area contributed by atoms with Gasteiger partial charge >= 0.3 is 0 Å². The fourth-order valence-electron chi connectivity index (χ4n) is 2.68. The zero-order valence-electron chi connectivity index (χ0n) is 12.2. The van der Waals surface area contributed by atoms with E-state index in [4.69, 9.17) is 4.74 Å². The van der Waals surface area contributed by atoms with Gasteiger partial charge in [-0.1, -0.05) is 0 Å². The van der Waals surface area contributed by atoms with Gasteiger partial charge in [-0.25, -0.2) is 4.39 Å². The predicted octanol–water partition coefficient (Wildman–Crippen LogP) is 2.29. The predicted molar refractivity (Wildman–Crippen MR) is 74.2 cm³/mol. The van der Waals surface area contributed by atoms with E-state index in [1.165, 1.54) is 12.1 Å². The monoisotopic (exact) mass is 280 g/mol. The minimum Gasteiger partial charge on any atom is -0.370 e. The van der Waals surface area contributed by atoms with Crippen LogP contribution in [-0.4, -0.2) is 47.0 Å². The third-order valence-electron chi connectivity index (χ3n) is 3.31. The molecule has 1 saturated heterocycles. The van der Waals surface area contributed by atoms with Crippen molar-refractivity contribution in [2.24, 2.45) is 0 Å². The molecule has 2 rings (SSSR count). The van der Waals surface area contributed by atoms with Crippen LogP contribution < -0.4 is 0 Å². The number of pyridine rings is 1. The van der Waals surface area contributed by atoms with Gasteiger partial charge in [-0.2, -0.15) is 0 Å². The van der Waals surface area contributed by atoms with Gasteiger partial charge < -0.3 is 4.74 Å². The molecule has 0 aliphatic carbocycles. The van der Waals surface area contributed by atoms with Crippen LogP contribution in [-0.2, 0) is 4.74 Å². The summed E-state index contributed by atoms with van der Waals surface area (Å²) in [5.41, 5.74) is 0.140. The standard InChI is InChI=1S/C15H21FN2O2/c1-11-9-18(10-15(2,3)20-11)7-6-14(19)13-5-4-12(16)8-17-13/h4-5,8,11H,6-7,9-10H2,1-3H3. The van der Waals surface area contributed by atoms with E-state index in [2.05, 4.69) is 23.7 Å². The van der Waals surface area contributed by atoms with Gasteiger partial charge in [-0.15, -0.1) is 0 Å². The topological polar surface area (TPSA) is 42.4 Å². The lowest BCUT2D eigenvalue weighted by Gasteiger charge is -2.41. The molecule has 1 aliphatic heterocycles. The third kappa shape index (κ3) is 4.08. The summed E-state index contributed by atoms with van der Waals surface area (Å²) in [6.45, 7) is 8.46. The molecule has 0 amide bonds. The van der Waals surface area contributed by atoms with E-state index in [9.17, 15) is 9.18 Å². The molecular formula is C15H21FN2O2. The molecule has 1 aromatic rings. The average Bonchev–Trinajstić information content (AvgIpc) is 2.34. The molecule has 1 aromatic heterocycles. The van der Waals surface area contributed by atoms with Crippen molar-refractivity contribution in [2.75, 3.05) is 19.6 Å². The molecule has 110 valence electrons. The average molecular weight is 280 g/mol. The van der Waals surface area contributed by atoms with Crippen molar-refractivity contribution in [3.8, 4) is 0 Å². The Morgan fingerprint density at radius 3 is 2.90 bits per heavy atom. The van der Waals surface area contributed by atoms with Gasteiger partial charge in [0.05, 0.1) is 17.9 Å². The van der Waals surface area contributed by atoms with Gasteiger partial charge in [0, 0.05) is 26.1 Å². The number of ketones is 1. The Kier molecular flexibility index (Phi) is 4.50. The van der Waals surface area contributed by atoms with Gasteiger partial charge in [-0.3, -0.25) is 14.7 Å². The molecule has 5 heteroatoms. The number of Topliss-reactive ketones (excluding diaryl/α,β-unsaturated/α-hetero) is 1. The van der Waals surface area contributed by atoms with Crippen LogP contribution in [0, 0.1) is 5.82 Å². The Hall–Kier alpha value is -1.33. The number of hydrogen-bond donors (Lipinski definition) is 0. The van der Waals surface area contributed by atoms with Gasteiger partial charge in [0.2, 0.25) is 0 Å². The van der Waals surface area contributed by atoms with Crippen LogP contribution in [0.1, 0.15) is 37.7 Å². The van der Waals surface area contributed by atoms with Crippen LogP contribution >= 0.6 is 0 Å². The molecule has 0 bridgehead atoms. The van der Waals surface area contributed by atoms with Crippen molar-refractivity contribution in [2.45, 2.75) is 38.9 Å². The highest BCUT2D eigenvalue weighted by Crippen LogP contribution is 2.20. The van der Waals surface area contributed by atoms with Gasteiger partial charge in [-0.05, 0) is 32.9 Å². The number of carbonyl (C=O) groups excluding carboxylic acids is 1. The first-order valence-electron chi connectivity index (χ1n) is 6.91. The van der Waals surface area contributed by atoms with Crippen LogP contribution in [0.3, 0.4) is 0 Å². The molecule has 0 N–H and O–H groups in total. The molecule has 2 heterocycles. The van der Waals surface area contributed by atoms with Crippen molar-refractivity contribution in [3.63, 3.8) is 0 Å². The number of rotatable bonds is 4. The Balaban J connectivity index is 1.88. The van der Waals surface area contributed by atoms with Crippen LogP contribution in [0.25, 0.3) is 0 Å². The molecular weight excluding hydrogens is 259 g/mol. The lowest BCUT2D eigenvalue weighted by molar-refractivity contribution is -0.128. The number of halogens is 1. The summed E-state index contributed by atoms with van der Waals surface area (Å²) < 4.78 is 18.6. The smallest absolute Gasteiger partial charge is 0.182 e. The number of carbonyl (C=O) groups is 1. The molecule has 4 nitrogen and oxygen atoms in total. The zero-order valence-corrected chi connectivity index (χ0v) is 12.2. The Morgan fingerprint density at radius 1 is 1.55 bits per heavy atom. The van der Waals surface area contributed by atoms with Crippen molar-refractivity contribution >= 4 is 5.78 Å². The fourth-order valence-corrected chi connectivity index (χ4v) is 2.68. The van der Waals surface area contributed by atoms with Crippen LogP contribution in [0.5, 0.6) is 0 Å². The van der Waals surface area contributed by atoms with E-state index in [0.29, 0.717) is 18.7 Å². The largest absolute Gasteiger partial charge is 0.370 e. The molecule has 1 unspecified atom stereocenters. The Morgan fingerprint density at radius 2 is 2.30 bits per heavy atom. The first-order chi connectivity index (χ1) is 9.35.